The van der Waals surface area contributed by atoms with Crippen molar-refractivity contribution in [2.24, 2.45) is 0 Å². The van der Waals surface area contributed by atoms with E-state index in [0.717, 1.165) is 32.7 Å². The fraction of sp³-hybridized carbons (Fsp3) is 0.368. The molecule has 0 radical (unpaired) electrons. The molecule has 130 valence electrons. The van der Waals surface area contributed by atoms with Gasteiger partial charge in [0.2, 0.25) is 6.10 Å². The number of quaternary nitrogens is 1. The number of carbonyl (C=O) groups excluding carboxylic acids is 1. The van der Waals surface area contributed by atoms with Gasteiger partial charge in [0, 0.05) is 18.0 Å². The first-order valence-corrected chi connectivity index (χ1v) is 8.69. The Morgan fingerprint density at radius 3 is 2.60 bits per heavy atom. The smallest absolute Gasteiger partial charge is 0.267 e. The Kier molecular flexibility index (Phi) is 4.52. The summed E-state index contributed by atoms with van der Waals surface area (Å²) in [6.45, 7) is 4.64. The number of ether oxygens (including phenoxy) is 2. The molecule has 2 aromatic rings. The molecule has 6 heteroatoms. The molecule has 6 nitrogen and oxygen atoms in total. The van der Waals surface area contributed by atoms with E-state index in [-0.39, 0.29) is 12.5 Å². The van der Waals surface area contributed by atoms with Crippen molar-refractivity contribution in [1.82, 2.24) is 9.88 Å². The molecule has 1 saturated heterocycles. The first-order valence-electron chi connectivity index (χ1n) is 8.69. The summed E-state index contributed by atoms with van der Waals surface area (Å²) >= 11 is 0. The molecular formula is C19H22N3O3+. The fourth-order valence-electron chi connectivity index (χ4n) is 3.35. The largest absolute Gasteiger partial charge is 0.485 e. The zero-order valence-corrected chi connectivity index (χ0v) is 14.1. The Balaban J connectivity index is 1.31. The minimum Gasteiger partial charge on any atom is -0.485 e. The summed E-state index contributed by atoms with van der Waals surface area (Å²) in [5.41, 5.74) is 1.28. The van der Waals surface area contributed by atoms with Gasteiger partial charge in [0.25, 0.3) is 5.91 Å². The van der Waals surface area contributed by atoms with Gasteiger partial charge in [-0.3, -0.25) is 9.78 Å². The van der Waals surface area contributed by atoms with Crippen molar-refractivity contribution in [2.75, 3.05) is 32.8 Å². The molecule has 1 fully saturated rings. The number of nitrogens with one attached hydrogen (secondary N) is 1. The molecular weight excluding hydrogens is 318 g/mol. The number of rotatable bonds is 3. The highest BCUT2D eigenvalue weighted by molar-refractivity contribution is 5.82. The van der Waals surface area contributed by atoms with Gasteiger partial charge in [-0.1, -0.05) is 12.1 Å². The number of pyridine rings is 1. The Morgan fingerprint density at radius 2 is 1.84 bits per heavy atom. The van der Waals surface area contributed by atoms with Gasteiger partial charge in [0.1, 0.15) is 13.2 Å². The average Bonchev–Trinajstić information content (AvgIpc) is 2.68. The Labute approximate surface area is 147 Å². The first kappa shape index (κ1) is 15.9. The molecule has 0 aliphatic carbocycles. The van der Waals surface area contributed by atoms with Crippen LogP contribution in [-0.2, 0) is 11.3 Å². The van der Waals surface area contributed by atoms with Crippen LogP contribution in [0.5, 0.6) is 11.5 Å². The summed E-state index contributed by atoms with van der Waals surface area (Å²) in [4.78, 5) is 20.2. The molecule has 1 aromatic carbocycles. The number of fused-ring (bicyclic) bond motifs is 1. The number of nitrogens with zero attached hydrogens (tertiary/aromatic N) is 2. The number of para-hydroxylation sites is 2. The van der Waals surface area contributed by atoms with Crippen molar-refractivity contribution in [2.45, 2.75) is 12.6 Å². The minimum absolute atomic E-state index is 0.0254. The standard InChI is InChI=1S/C19H21N3O3/c23-19(18-14-24-16-3-1-2-4-17(16)25-18)22-11-9-21(10-12-22)13-15-5-7-20-8-6-15/h1-8,18H,9-14H2/p+1/t18-/m0/s1. The highest BCUT2D eigenvalue weighted by Gasteiger charge is 2.33. The predicted octanol–water partition coefficient (Wildman–Crippen LogP) is 0.149. The third-order valence-electron chi connectivity index (χ3n) is 4.77. The normalized spacial score (nSPS) is 20.3. The van der Waals surface area contributed by atoms with Gasteiger partial charge in [-0.05, 0) is 24.3 Å². The van der Waals surface area contributed by atoms with E-state index >= 15 is 0 Å². The quantitative estimate of drug-likeness (QED) is 0.864. The molecule has 1 atom stereocenters. The minimum atomic E-state index is -0.545. The van der Waals surface area contributed by atoms with Gasteiger partial charge in [0.15, 0.2) is 11.5 Å². The van der Waals surface area contributed by atoms with E-state index in [9.17, 15) is 4.79 Å². The molecule has 1 aromatic heterocycles. The summed E-state index contributed by atoms with van der Waals surface area (Å²) < 4.78 is 11.5. The van der Waals surface area contributed by atoms with Gasteiger partial charge in [-0.25, -0.2) is 0 Å². The van der Waals surface area contributed by atoms with Crippen LogP contribution < -0.4 is 14.4 Å². The Hall–Kier alpha value is -2.60. The summed E-state index contributed by atoms with van der Waals surface area (Å²) in [6.07, 6.45) is 3.11. The van der Waals surface area contributed by atoms with Crippen LogP contribution in [0, 0.1) is 0 Å². The molecule has 0 spiro atoms. The molecule has 1 amide bonds. The number of hydrogen-bond acceptors (Lipinski definition) is 4. The van der Waals surface area contributed by atoms with Crippen LogP contribution in [-0.4, -0.2) is 54.7 Å². The van der Waals surface area contributed by atoms with E-state index in [4.69, 9.17) is 9.47 Å². The lowest BCUT2D eigenvalue weighted by molar-refractivity contribution is -0.917. The number of benzene rings is 1. The highest BCUT2D eigenvalue weighted by atomic mass is 16.6. The SMILES string of the molecule is O=C([C@@H]1COc2ccccc2O1)N1CC[NH+](Cc2ccncc2)CC1. The molecule has 2 aliphatic rings. The van der Waals surface area contributed by atoms with Gasteiger partial charge in [-0.15, -0.1) is 0 Å². The predicted molar refractivity (Wildman–Crippen MR) is 91.6 cm³/mol. The molecule has 0 saturated carbocycles. The van der Waals surface area contributed by atoms with Crippen LogP contribution in [0.25, 0.3) is 0 Å². The summed E-state index contributed by atoms with van der Waals surface area (Å²) in [5, 5.41) is 0. The molecule has 25 heavy (non-hydrogen) atoms. The van der Waals surface area contributed by atoms with Gasteiger partial charge in [0.05, 0.1) is 26.2 Å². The molecule has 0 bridgehead atoms. The zero-order valence-electron chi connectivity index (χ0n) is 14.1. The molecule has 4 rings (SSSR count). The molecule has 2 aliphatic heterocycles. The van der Waals surface area contributed by atoms with Crippen LogP contribution in [0.4, 0.5) is 0 Å². The van der Waals surface area contributed by atoms with Gasteiger partial charge in [-0.2, -0.15) is 0 Å². The van der Waals surface area contributed by atoms with E-state index < -0.39 is 6.10 Å². The maximum atomic E-state index is 12.7. The first-order chi connectivity index (χ1) is 12.3. The number of piperazine rings is 1. The number of aromatic nitrogens is 1. The van der Waals surface area contributed by atoms with E-state index in [1.165, 1.54) is 10.5 Å². The average molecular weight is 340 g/mol. The van der Waals surface area contributed by atoms with E-state index in [0.29, 0.717) is 11.5 Å². The number of amides is 1. The third-order valence-corrected chi connectivity index (χ3v) is 4.77. The molecule has 3 heterocycles. The third kappa shape index (κ3) is 3.58. The lowest BCUT2D eigenvalue weighted by atomic mass is 10.2. The van der Waals surface area contributed by atoms with Crippen molar-refractivity contribution < 1.29 is 19.2 Å². The molecule has 1 N–H and O–H groups in total. The van der Waals surface area contributed by atoms with Crippen LogP contribution in [0.15, 0.2) is 48.8 Å². The number of carbonyl (C=O) groups is 1. The van der Waals surface area contributed by atoms with E-state index in [2.05, 4.69) is 17.1 Å². The summed E-state index contributed by atoms with van der Waals surface area (Å²) in [7, 11) is 0. The van der Waals surface area contributed by atoms with Crippen LogP contribution in [0.1, 0.15) is 5.56 Å². The molecule has 0 unspecified atom stereocenters. The van der Waals surface area contributed by atoms with Crippen molar-refractivity contribution in [3.8, 4) is 11.5 Å². The fourth-order valence-corrected chi connectivity index (χ4v) is 3.35. The zero-order chi connectivity index (χ0) is 17.1. The van der Waals surface area contributed by atoms with Crippen LogP contribution >= 0.6 is 0 Å². The van der Waals surface area contributed by atoms with Crippen molar-refractivity contribution in [3.63, 3.8) is 0 Å². The summed E-state index contributed by atoms with van der Waals surface area (Å²) in [5.74, 6) is 1.38. The number of hydrogen-bond donors (Lipinski definition) is 1. The second-order valence-corrected chi connectivity index (χ2v) is 6.47. The maximum absolute atomic E-state index is 12.7. The lowest BCUT2D eigenvalue weighted by Crippen LogP contribution is -3.13. The highest BCUT2D eigenvalue weighted by Crippen LogP contribution is 2.31. The second-order valence-electron chi connectivity index (χ2n) is 6.47. The van der Waals surface area contributed by atoms with Gasteiger partial charge < -0.3 is 19.3 Å². The Bertz CT molecular complexity index is 730. The summed E-state index contributed by atoms with van der Waals surface area (Å²) in [6, 6.07) is 11.6. The lowest BCUT2D eigenvalue weighted by Gasteiger charge is -2.35. The van der Waals surface area contributed by atoms with Crippen LogP contribution in [0.3, 0.4) is 0 Å². The van der Waals surface area contributed by atoms with Crippen molar-refractivity contribution in [1.29, 1.82) is 0 Å². The monoisotopic (exact) mass is 340 g/mol. The van der Waals surface area contributed by atoms with Crippen molar-refractivity contribution in [3.05, 3.63) is 54.4 Å². The van der Waals surface area contributed by atoms with Gasteiger partial charge >= 0.3 is 0 Å². The van der Waals surface area contributed by atoms with Crippen LogP contribution in [0.2, 0.25) is 0 Å². The Morgan fingerprint density at radius 1 is 1.12 bits per heavy atom. The van der Waals surface area contributed by atoms with E-state index in [1.807, 2.05) is 41.6 Å². The van der Waals surface area contributed by atoms with E-state index in [1.54, 1.807) is 0 Å². The van der Waals surface area contributed by atoms with Crippen molar-refractivity contribution >= 4 is 5.91 Å². The topological polar surface area (TPSA) is 56.1 Å². The second kappa shape index (κ2) is 7.11. The maximum Gasteiger partial charge on any atom is 0.267 e.